The highest BCUT2D eigenvalue weighted by molar-refractivity contribution is 7.92. The smallest absolute Gasteiger partial charge is 0.229 e. The molecule has 2 heterocycles. The molecule has 0 atom stereocenters. The molecule has 0 amide bonds. The lowest BCUT2D eigenvalue weighted by Gasteiger charge is -2.32. The molecule has 0 spiro atoms. The number of aromatic nitrogens is 4. The summed E-state index contributed by atoms with van der Waals surface area (Å²) < 4.78 is 33.6. The fourth-order valence-corrected chi connectivity index (χ4v) is 6.73. The lowest BCUT2D eigenvalue weighted by atomic mass is 9.80. The van der Waals surface area contributed by atoms with Crippen LogP contribution in [0.3, 0.4) is 0 Å². The van der Waals surface area contributed by atoms with Gasteiger partial charge in [0.1, 0.15) is 10.8 Å². The Morgan fingerprint density at radius 3 is 2.38 bits per heavy atom. The van der Waals surface area contributed by atoms with Crippen molar-refractivity contribution in [3.8, 4) is 5.75 Å². The number of anilines is 4. The van der Waals surface area contributed by atoms with E-state index in [9.17, 15) is 8.42 Å². The molecule has 2 aliphatic carbocycles. The van der Waals surface area contributed by atoms with Crippen molar-refractivity contribution in [3.63, 3.8) is 0 Å². The van der Waals surface area contributed by atoms with E-state index in [1.54, 1.807) is 27.1 Å². The van der Waals surface area contributed by atoms with E-state index in [0.29, 0.717) is 29.6 Å². The Morgan fingerprint density at radius 1 is 1.02 bits per heavy atom. The van der Waals surface area contributed by atoms with Gasteiger partial charge in [0.2, 0.25) is 20.8 Å². The molecule has 0 unspecified atom stereocenters. The van der Waals surface area contributed by atoms with Gasteiger partial charge < -0.3 is 20.7 Å². The molecule has 0 aliphatic heterocycles. The van der Waals surface area contributed by atoms with Crippen LogP contribution >= 0.6 is 11.6 Å². The predicted molar refractivity (Wildman–Crippen MR) is 167 cm³/mol. The number of aryl methyl sites for hydroxylation is 2. The minimum absolute atomic E-state index is 0.0514. The van der Waals surface area contributed by atoms with Gasteiger partial charge in [0.05, 0.1) is 28.9 Å². The molecule has 5 rings (SSSR count). The van der Waals surface area contributed by atoms with E-state index in [1.165, 1.54) is 34.8 Å². The maximum Gasteiger partial charge on any atom is 0.229 e. The fraction of sp³-hybridized carbons (Fsp3) is 0.567. The lowest BCUT2D eigenvalue weighted by molar-refractivity contribution is 0.302. The van der Waals surface area contributed by atoms with Crippen LogP contribution in [0.2, 0.25) is 5.02 Å². The summed E-state index contributed by atoms with van der Waals surface area (Å²) in [5.41, 5.74) is 3.63. The monoisotopic (exact) mass is 615 g/mol. The maximum atomic E-state index is 12.9. The second-order valence-electron chi connectivity index (χ2n) is 12.1. The summed E-state index contributed by atoms with van der Waals surface area (Å²) in [4.78, 5) is 8.98. The predicted octanol–water partition coefficient (Wildman–Crippen LogP) is 6.41. The fourth-order valence-electron chi connectivity index (χ4n) is 5.50. The van der Waals surface area contributed by atoms with Crippen LogP contribution in [0.1, 0.15) is 83.3 Å². The van der Waals surface area contributed by atoms with Crippen LogP contribution in [-0.2, 0) is 16.9 Å². The van der Waals surface area contributed by atoms with E-state index in [4.69, 9.17) is 16.3 Å². The van der Waals surface area contributed by atoms with Gasteiger partial charge in [-0.15, -0.1) is 0 Å². The molecule has 228 valence electrons. The van der Waals surface area contributed by atoms with Crippen molar-refractivity contribution in [2.24, 2.45) is 7.05 Å². The van der Waals surface area contributed by atoms with Gasteiger partial charge in [-0.1, -0.05) is 25.4 Å². The van der Waals surface area contributed by atoms with Crippen LogP contribution in [-0.4, -0.2) is 51.6 Å². The zero-order valence-electron chi connectivity index (χ0n) is 25.2. The van der Waals surface area contributed by atoms with Crippen LogP contribution in [0.4, 0.5) is 23.1 Å². The SMILES string of the molecule is Cc1cc(Nc2ncc(Cl)c(Nc3cn(C)nc3S(=O)(=O)C(C)C)n2)c(OC2CC2)cc1[C@H]1CC[C@@H](NC(C)C)CC1. The highest BCUT2D eigenvalue weighted by Crippen LogP contribution is 2.41. The Hall–Kier alpha value is -2.89. The number of sulfone groups is 1. The van der Waals surface area contributed by atoms with Crippen molar-refractivity contribution in [1.29, 1.82) is 0 Å². The Balaban J connectivity index is 1.39. The highest BCUT2D eigenvalue weighted by Gasteiger charge is 2.29. The second kappa shape index (κ2) is 12.4. The van der Waals surface area contributed by atoms with E-state index < -0.39 is 15.1 Å². The van der Waals surface area contributed by atoms with Gasteiger partial charge in [-0.25, -0.2) is 13.4 Å². The number of rotatable bonds is 11. The number of nitrogens with zero attached hydrogens (tertiary/aromatic N) is 4. The zero-order valence-corrected chi connectivity index (χ0v) is 26.8. The first-order valence-electron chi connectivity index (χ1n) is 14.8. The van der Waals surface area contributed by atoms with Crippen molar-refractivity contribution in [2.45, 2.75) is 108 Å². The molecule has 0 radical (unpaired) electrons. The zero-order chi connectivity index (χ0) is 30.2. The van der Waals surface area contributed by atoms with Gasteiger partial charge >= 0.3 is 0 Å². The summed E-state index contributed by atoms with van der Waals surface area (Å²) >= 11 is 6.44. The van der Waals surface area contributed by atoms with E-state index in [1.807, 2.05) is 0 Å². The Labute approximate surface area is 253 Å². The highest BCUT2D eigenvalue weighted by atomic mass is 35.5. The summed E-state index contributed by atoms with van der Waals surface area (Å²) in [7, 11) is -1.97. The number of halogens is 1. The second-order valence-corrected chi connectivity index (χ2v) is 15.0. The van der Waals surface area contributed by atoms with E-state index in [-0.39, 0.29) is 22.0 Å². The summed E-state index contributed by atoms with van der Waals surface area (Å²) in [6.07, 6.45) is 10.1. The molecular formula is C30H42ClN7O3S. The van der Waals surface area contributed by atoms with Crippen molar-refractivity contribution in [3.05, 3.63) is 40.7 Å². The van der Waals surface area contributed by atoms with Crippen molar-refractivity contribution in [2.75, 3.05) is 10.6 Å². The van der Waals surface area contributed by atoms with Gasteiger partial charge in [0.25, 0.3) is 0 Å². The maximum absolute atomic E-state index is 12.9. The standard InChI is InChI=1S/C30H42ClN7O3S/c1-17(2)33-21-9-7-20(8-10-21)23-14-27(41-22-11-12-22)25(13-19(23)5)35-30-32-15-24(31)28(36-30)34-26-16-38(6)37-29(26)42(39,40)18(3)4/h13-18,20-22,33H,7-12H2,1-6H3,(H2,32,34,35,36)/t20-,21+. The van der Waals surface area contributed by atoms with Crippen molar-refractivity contribution < 1.29 is 13.2 Å². The van der Waals surface area contributed by atoms with Crippen LogP contribution < -0.4 is 20.7 Å². The van der Waals surface area contributed by atoms with Crippen LogP contribution in [0.25, 0.3) is 0 Å². The van der Waals surface area contributed by atoms with Gasteiger partial charge in [-0.2, -0.15) is 10.1 Å². The van der Waals surface area contributed by atoms with Crippen LogP contribution in [0.5, 0.6) is 5.75 Å². The number of hydrogen-bond donors (Lipinski definition) is 3. The molecule has 12 heteroatoms. The summed E-state index contributed by atoms with van der Waals surface area (Å²) in [5, 5.41) is 13.8. The Kier molecular flexibility index (Phi) is 9.01. The van der Waals surface area contributed by atoms with Gasteiger partial charge in [0.15, 0.2) is 5.82 Å². The molecule has 2 saturated carbocycles. The number of nitrogens with one attached hydrogen (secondary N) is 3. The summed E-state index contributed by atoms with van der Waals surface area (Å²) in [6.45, 7) is 9.81. The molecule has 2 aromatic heterocycles. The molecule has 3 aromatic rings. The Bertz CT molecular complexity index is 1530. The first-order chi connectivity index (χ1) is 19.9. The van der Waals surface area contributed by atoms with Crippen molar-refractivity contribution >= 4 is 44.6 Å². The molecule has 10 nitrogen and oxygen atoms in total. The average molecular weight is 616 g/mol. The third-order valence-corrected chi connectivity index (χ3v) is 10.2. The Morgan fingerprint density at radius 2 is 1.74 bits per heavy atom. The molecule has 0 bridgehead atoms. The van der Waals surface area contributed by atoms with Crippen LogP contribution in [0.15, 0.2) is 29.6 Å². The third-order valence-electron chi connectivity index (χ3n) is 7.85. The molecule has 2 fully saturated rings. The summed E-state index contributed by atoms with van der Waals surface area (Å²) in [5.74, 6) is 1.88. The molecule has 3 N–H and O–H groups in total. The quantitative estimate of drug-likeness (QED) is 0.225. The summed E-state index contributed by atoms with van der Waals surface area (Å²) in [6, 6.07) is 5.40. The first kappa shape index (κ1) is 30.6. The number of benzene rings is 1. The molecule has 1 aromatic carbocycles. The van der Waals surface area contributed by atoms with Crippen molar-refractivity contribution in [1.82, 2.24) is 25.1 Å². The van der Waals surface area contributed by atoms with Gasteiger partial charge in [-0.3, -0.25) is 4.68 Å². The van der Waals surface area contributed by atoms with Gasteiger partial charge in [-0.05, 0) is 88.5 Å². The number of ether oxygens (including phenoxy) is 1. The molecule has 42 heavy (non-hydrogen) atoms. The van der Waals surface area contributed by atoms with E-state index in [2.05, 4.69) is 63.9 Å². The van der Waals surface area contributed by atoms with Gasteiger partial charge in [0, 0.05) is 25.3 Å². The first-order valence-corrected chi connectivity index (χ1v) is 16.7. The molecule has 2 aliphatic rings. The minimum atomic E-state index is -3.63. The topological polar surface area (TPSA) is 123 Å². The minimum Gasteiger partial charge on any atom is -0.488 e. The number of hydrogen-bond acceptors (Lipinski definition) is 9. The molecular weight excluding hydrogens is 574 g/mol. The normalized spacial score (nSPS) is 19.4. The lowest BCUT2D eigenvalue weighted by Crippen LogP contribution is -2.37. The largest absolute Gasteiger partial charge is 0.488 e. The average Bonchev–Trinajstić information content (AvgIpc) is 3.66. The van der Waals surface area contributed by atoms with Crippen LogP contribution in [0, 0.1) is 6.92 Å². The van der Waals surface area contributed by atoms with E-state index in [0.717, 1.165) is 37.1 Å². The van der Waals surface area contributed by atoms with E-state index >= 15 is 0 Å². The third kappa shape index (κ3) is 7.01. The molecule has 0 saturated heterocycles.